The highest BCUT2D eigenvalue weighted by molar-refractivity contribution is 5.94. The molecule has 0 atom stereocenters. The summed E-state index contributed by atoms with van der Waals surface area (Å²) in [5.41, 5.74) is 1.86. The molecule has 5 nitrogen and oxygen atoms in total. The third-order valence-electron chi connectivity index (χ3n) is 3.55. The molecule has 2 heterocycles. The highest BCUT2D eigenvalue weighted by Crippen LogP contribution is 2.15. The lowest BCUT2D eigenvalue weighted by Gasteiger charge is -2.22. The van der Waals surface area contributed by atoms with E-state index in [9.17, 15) is 4.79 Å². The van der Waals surface area contributed by atoms with Gasteiger partial charge in [0.1, 0.15) is 5.76 Å². The Morgan fingerprint density at radius 3 is 2.79 bits per heavy atom. The van der Waals surface area contributed by atoms with Crippen LogP contribution in [0.15, 0.2) is 71.6 Å². The van der Waals surface area contributed by atoms with Crippen LogP contribution in [-0.2, 0) is 13.1 Å². The van der Waals surface area contributed by atoms with Gasteiger partial charge in [-0.2, -0.15) is 5.26 Å². The van der Waals surface area contributed by atoms with Gasteiger partial charge < -0.3 is 9.32 Å². The van der Waals surface area contributed by atoms with Crippen LogP contribution in [0.5, 0.6) is 0 Å². The van der Waals surface area contributed by atoms with Gasteiger partial charge >= 0.3 is 0 Å². The minimum absolute atomic E-state index is 0.160. The molecule has 1 aromatic carbocycles. The Labute approximate surface area is 139 Å². The van der Waals surface area contributed by atoms with Gasteiger partial charge in [-0.15, -0.1) is 0 Å². The lowest BCUT2D eigenvalue weighted by molar-refractivity contribution is 0.0717. The molecule has 0 aliphatic heterocycles. The molecule has 3 aromatic rings. The second-order valence-electron chi connectivity index (χ2n) is 5.29. The summed E-state index contributed by atoms with van der Waals surface area (Å²) in [6.07, 6.45) is 5.01. The maximum atomic E-state index is 12.9. The molecule has 0 N–H and O–H groups in total. The van der Waals surface area contributed by atoms with Crippen molar-refractivity contribution >= 4 is 5.91 Å². The van der Waals surface area contributed by atoms with E-state index in [1.807, 2.05) is 18.2 Å². The molecule has 3 rings (SSSR count). The molecule has 0 fully saturated rings. The molecule has 0 radical (unpaired) electrons. The van der Waals surface area contributed by atoms with Gasteiger partial charge in [-0.1, -0.05) is 12.1 Å². The van der Waals surface area contributed by atoms with Gasteiger partial charge in [-0.3, -0.25) is 9.78 Å². The summed E-state index contributed by atoms with van der Waals surface area (Å²) in [4.78, 5) is 18.7. The van der Waals surface area contributed by atoms with Crippen LogP contribution in [-0.4, -0.2) is 15.8 Å². The zero-order valence-corrected chi connectivity index (χ0v) is 12.9. The number of amides is 1. The second-order valence-corrected chi connectivity index (χ2v) is 5.29. The predicted molar refractivity (Wildman–Crippen MR) is 87.7 cm³/mol. The van der Waals surface area contributed by atoms with Crippen LogP contribution in [0.3, 0.4) is 0 Å². The average molecular weight is 317 g/mol. The summed E-state index contributed by atoms with van der Waals surface area (Å²) in [5.74, 6) is 0.538. The first kappa shape index (κ1) is 15.5. The fourth-order valence-electron chi connectivity index (χ4n) is 2.41. The van der Waals surface area contributed by atoms with Gasteiger partial charge in [-0.25, -0.2) is 0 Å². The molecule has 0 saturated heterocycles. The lowest BCUT2D eigenvalue weighted by atomic mass is 10.1. The Kier molecular flexibility index (Phi) is 4.68. The number of hydrogen-bond donors (Lipinski definition) is 0. The molecule has 0 bridgehead atoms. The average Bonchev–Trinajstić information content (AvgIpc) is 3.14. The van der Waals surface area contributed by atoms with Gasteiger partial charge in [0.15, 0.2) is 0 Å². The van der Waals surface area contributed by atoms with Crippen molar-refractivity contribution in [2.75, 3.05) is 0 Å². The van der Waals surface area contributed by atoms with Crippen LogP contribution >= 0.6 is 0 Å². The monoisotopic (exact) mass is 317 g/mol. The number of carbonyl (C=O) groups is 1. The van der Waals surface area contributed by atoms with Crippen LogP contribution in [0.4, 0.5) is 0 Å². The fraction of sp³-hybridized carbons (Fsp3) is 0.105. The normalized spacial score (nSPS) is 10.1. The summed E-state index contributed by atoms with van der Waals surface area (Å²) in [7, 11) is 0. The van der Waals surface area contributed by atoms with Gasteiger partial charge in [-0.05, 0) is 42.0 Å². The number of pyridine rings is 1. The maximum Gasteiger partial charge on any atom is 0.254 e. The minimum Gasteiger partial charge on any atom is -0.467 e. The van der Waals surface area contributed by atoms with E-state index in [2.05, 4.69) is 11.1 Å². The van der Waals surface area contributed by atoms with E-state index in [0.29, 0.717) is 30.0 Å². The highest BCUT2D eigenvalue weighted by atomic mass is 16.3. The van der Waals surface area contributed by atoms with Crippen LogP contribution in [0.2, 0.25) is 0 Å². The summed E-state index contributed by atoms with van der Waals surface area (Å²) in [5, 5.41) is 9.03. The Morgan fingerprint density at radius 2 is 2.08 bits per heavy atom. The summed E-state index contributed by atoms with van der Waals surface area (Å²) >= 11 is 0. The molecule has 2 aromatic heterocycles. The van der Waals surface area contributed by atoms with Crippen molar-refractivity contribution in [2.24, 2.45) is 0 Å². The van der Waals surface area contributed by atoms with E-state index in [0.717, 1.165) is 5.56 Å². The van der Waals surface area contributed by atoms with Crippen molar-refractivity contribution in [2.45, 2.75) is 13.1 Å². The van der Waals surface area contributed by atoms with Crippen molar-refractivity contribution in [1.29, 1.82) is 5.26 Å². The molecular weight excluding hydrogens is 302 g/mol. The molecule has 24 heavy (non-hydrogen) atoms. The Balaban J connectivity index is 1.87. The number of furan rings is 1. The first-order valence-electron chi connectivity index (χ1n) is 7.47. The topological polar surface area (TPSA) is 70.1 Å². The molecule has 0 spiro atoms. The summed E-state index contributed by atoms with van der Waals surface area (Å²) in [6, 6.07) is 16.1. The third kappa shape index (κ3) is 3.68. The first-order chi connectivity index (χ1) is 11.8. The lowest BCUT2D eigenvalue weighted by Crippen LogP contribution is -2.30. The molecule has 0 unspecified atom stereocenters. The SMILES string of the molecule is N#Cc1cccc(C(=O)N(Cc2cccnc2)Cc2ccco2)c1. The number of rotatable bonds is 5. The van der Waals surface area contributed by atoms with Gasteiger partial charge in [0.05, 0.1) is 24.4 Å². The second kappa shape index (κ2) is 7.25. The van der Waals surface area contributed by atoms with Crippen molar-refractivity contribution < 1.29 is 9.21 Å². The van der Waals surface area contributed by atoms with Crippen LogP contribution in [0.25, 0.3) is 0 Å². The number of nitriles is 1. The van der Waals surface area contributed by atoms with Crippen LogP contribution < -0.4 is 0 Å². The Morgan fingerprint density at radius 1 is 1.17 bits per heavy atom. The predicted octanol–water partition coefficient (Wildman–Crippen LogP) is 3.39. The standard InChI is InChI=1S/C19H15N3O2/c20-11-15-4-1-6-17(10-15)19(23)22(14-18-7-3-9-24-18)13-16-5-2-8-21-12-16/h1-10,12H,13-14H2. The van der Waals surface area contributed by atoms with Gasteiger partial charge in [0.2, 0.25) is 0 Å². The van der Waals surface area contributed by atoms with E-state index in [4.69, 9.17) is 9.68 Å². The Hall–Kier alpha value is -3.39. The molecule has 0 aliphatic rings. The molecule has 1 amide bonds. The number of aromatic nitrogens is 1. The molecule has 118 valence electrons. The van der Waals surface area contributed by atoms with Crippen molar-refractivity contribution in [3.05, 3.63) is 89.6 Å². The third-order valence-corrected chi connectivity index (χ3v) is 3.55. The summed E-state index contributed by atoms with van der Waals surface area (Å²) < 4.78 is 5.37. The number of nitrogens with zero attached hydrogens (tertiary/aromatic N) is 3. The molecule has 0 aliphatic carbocycles. The van der Waals surface area contributed by atoms with E-state index >= 15 is 0 Å². The number of carbonyl (C=O) groups excluding carboxylic acids is 1. The van der Waals surface area contributed by atoms with Crippen molar-refractivity contribution in [3.63, 3.8) is 0 Å². The zero-order chi connectivity index (χ0) is 16.8. The van der Waals surface area contributed by atoms with Crippen molar-refractivity contribution in [3.8, 4) is 6.07 Å². The molecule has 0 saturated carbocycles. The smallest absolute Gasteiger partial charge is 0.254 e. The van der Waals surface area contributed by atoms with E-state index in [-0.39, 0.29) is 5.91 Å². The van der Waals surface area contributed by atoms with E-state index in [1.54, 1.807) is 53.9 Å². The Bertz CT molecular complexity index is 852. The minimum atomic E-state index is -0.160. The number of hydrogen-bond acceptors (Lipinski definition) is 4. The summed E-state index contributed by atoms with van der Waals surface area (Å²) in [6.45, 7) is 0.752. The molecular formula is C19H15N3O2. The van der Waals surface area contributed by atoms with Gasteiger partial charge in [0, 0.05) is 24.5 Å². The van der Waals surface area contributed by atoms with Crippen LogP contribution in [0.1, 0.15) is 27.2 Å². The van der Waals surface area contributed by atoms with Crippen LogP contribution in [0, 0.1) is 11.3 Å². The largest absolute Gasteiger partial charge is 0.467 e. The maximum absolute atomic E-state index is 12.9. The van der Waals surface area contributed by atoms with Gasteiger partial charge in [0.25, 0.3) is 5.91 Å². The number of benzene rings is 1. The van der Waals surface area contributed by atoms with Crippen molar-refractivity contribution in [1.82, 2.24) is 9.88 Å². The quantitative estimate of drug-likeness (QED) is 0.723. The fourth-order valence-corrected chi connectivity index (χ4v) is 2.41. The van der Waals surface area contributed by atoms with E-state index in [1.165, 1.54) is 0 Å². The zero-order valence-electron chi connectivity index (χ0n) is 12.9. The van der Waals surface area contributed by atoms with E-state index < -0.39 is 0 Å². The molecule has 5 heteroatoms. The highest BCUT2D eigenvalue weighted by Gasteiger charge is 2.18. The first-order valence-corrected chi connectivity index (χ1v) is 7.47.